The first-order chi connectivity index (χ1) is 11.7. The monoisotopic (exact) mass is 360 g/mol. The fourth-order valence-electron chi connectivity index (χ4n) is 2.37. The zero-order chi connectivity index (χ0) is 18.2. The Hall–Kier alpha value is -2.74. The van der Waals surface area contributed by atoms with E-state index < -0.39 is 17.6 Å². The van der Waals surface area contributed by atoms with Gasteiger partial charge in [0.25, 0.3) is 0 Å². The van der Waals surface area contributed by atoms with E-state index in [4.69, 9.17) is 0 Å². The smallest absolute Gasteiger partial charge is 0.414 e. The number of rotatable bonds is 3. The number of amides is 1. The van der Waals surface area contributed by atoms with Gasteiger partial charge in [-0.3, -0.25) is 0 Å². The summed E-state index contributed by atoms with van der Waals surface area (Å²) in [4.78, 5) is 21.0. The van der Waals surface area contributed by atoms with Gasteiger partial charge >= 0.3 is 6.09 Å². The number of fused-ring (bicyclic) bond motifs is 1. The van der Waals surface area contributed by atoms with Gasteiger partial charge in [0, 0.05) is 11.2 Å². The number of benzene rings is 1. The molecule has 2 heterocycles. The molecule has 1 aromatic carbocycles. The Kier molecular flexibility index (Phi) is 4.30. The second-order valence-electron chi connectivity index (χ2n) is 6.44. The second kappa shape index (κ2) is 6.29. The number of carboxylic acid groups (broad SMARTS) is 1. The van der Waals surface area contributed by atoms with Crippen LogP contribution in [0.4, 0.5) is 25.8 Å². The van der Waals surface area contributed by atoms with Crippen molar-refractivity contribution in [2.45, 2.75) is 26.3 Å². The minimum atomic E-state index is -1.05. The number of pyridine rings is 1. The number of nitrogens with zero attached hydrogens (tertiary/aromatic N) is 3. The van der Waals surface area contributed by atoms with Gasteiger partial charge in [0.1, 0.15) is 5.82 Å². The average molecular weight is 360 g/mol. The topological polar surface area (TPSA) is 78.4 Å². The maximum atomic E-state index is 13.2. The lowest BCUT2D eigenvalue weighted by Crippen LogP contribution is -2.45. The molecule has 0 spiro atoms. The van der Waals surface area contributed by atoms with Crippen molar-refractivity contribution in [2.75, 3.05) is 10.2 Å². The molecule has 8 heteroatoms. The SMILES string of the molecule is CC(C)(C)N(C(=O)O)c1nc2ccc(Nc3cccc(F)n3)cc2s1. The minimum absolute atomic E-state index is 0.394. The molecular formula is C17H17FN4O2S. The van der Waals surface area contributed by atoms with Crippen molar-refractivity contribution in [1.82, 2.24) is 9.97 Å². The molecule has 2 aromatic heterocycles. The normalized spacial score (nSPS) is 11.5. The van der Waals surface area contributed by atoms with Crippen LogP contribution in [0.15, 0.2) is 36.4 Å². The van der Waals surface area contributed by atoms with E-state index in [-0.39, 0.29) is 0 Å². The molecule has 0 aliphatic carbocycles. The highest BCUT2D eigenvalue weighted by Gasteiger charge is 2.30. The molecule has 0 atom stereocenters. The van der Waals surface area contributed by atoms with Crippen molar-refractivity contribution in [3.05, 3.63) is 42.3 Å². The maximum Gasteiger partial charge on any atom is 0.414 e. The lowest BCUT2D eigenvalue weighted by atomic mass is 10.1. The first-order valence-corrected chi connectivity index (χ1v) is 8.39. The molecule has 0 aliphatic heterocycles. The van der Waals surface area contributed by atoms with E-state index in [0.717, 1.165) is 10.4 Å². The minimum Gasteiger partial charge on any atom is -0.465 e. The van der Waals surface area contributed by atoms with Crippen molar-refractivity contribution in [2.24, 2.45) is 0 Å². The van der Waals surface area contributed by atoms with Crippen molar-refractivity contribution in [3.63, 3.8) is 0 Å². The number of thiazole rings is 1. The van der Waals surface area contributed by atoms with Crippen LogP contribution in [0.25, 0.3) is 10.2 Å². The van der Waals surface area contributed by atoms with Gasteiger partial charge in [-0.2, -0.15) is 4.39 Å². The van der Waals surface area contributed by atoms with Crippen LogP contribution in [0.1, 0.15) is 20.8 Å². The van der Waals surface area contributed by atoms with E-state index in [2.05, 4.69) is 15.3 Å². The predicted octanol–water partition coefficient (Wildman–Crippen LogP) is 4.86. The third kappa shape index (κ3) is 3.69. The highest BCUT2D eigenvalue weighted by Crippen LogP contribution is 2.34. The van der Waals surface area contributed by atoms with Gasteiger partial charge in [0.2, 0.25) is 5.95 Å². The molecule has 25 heavy (non-hydrogen) atoms. The molecule has 0 unspecified atom stereocenters. The first-order valence-electron chi connectivity index (χ1n) is 7.57. The summed E-state index contributed by atoms with van der Waals surface area (Å²) in [5.41, 5.74) is 0.818. The van der Waals surface area contributed by atoms with Gasteiger partial charge in [-0.15, -0.1) is 0 Å². The molecule has 0 bridgehead atoms. The van der Waals surface area contributed by atoms with Gasteiger partial charge in [-0.05, 0) is 51.1 Å². The van der Waals surface area contributed by atoms with Crippen molar-refractivity contribution in [1.29, 1.82) is 0 Å². The van der Waals surface area contributed by atoms with Gasteiger partial charge in [0.15, 0.2) is 5.13 Å². The number of halogens is 1. The number of hydrogen-bond acceptors (Lipinski definition) is 5. The Bertz CT molecular complexity index is 936. The van der Waals surface area contributed by atoms with E-state index >= 15 is 0 Å². The Labute approximate surface area is 148 Å². The van der Waals surface area contributed by atoms with Crippen LogP contribution in [0.3, 0.4) is 0 Å². The quantitative estimate of drug-likeness (QED) is 0.652. The highest BCUT2D eigenvalue weighted by atomic mass is 32.1. The molecule has 0 aliphatic rings. The summed E-state index contributed by atoms with van der Waals surface area (Å²) < 4.78 is 14.0. The van der Waals surface area contributed by atoms with Crippen LogP contribution in [-0.2, 0) is 0 Å². The summed E-state index contributed by atoms with van der Waals surface area (Å²) in [6, 6.07) is 9.93. The summed E-state index contributed by atoms with van der Waals surface area (Å²) in [6.07, 6.45) is -1.05. The third-order valence-corrected chi connectivity index (χ3v) is 4.42. The van der Waals surface area contributed by atoms with Crippen molar-refractivity contribution < 1.29 is 14.3 Å². The summed E-state index contributed by atoms with van der Waals surface area (Å²) in [5.74, 6) is -0.167. The second-order valence-corrected chi connectivity index (χ2v) is 7.45. The molecule has 1 amide bonds. The fraction of sp³-hybridized carbons (Fsp3) is 0.235. The molecular weight excluding hydrogens is 343 g/mol. The molecule has 3 aromatic rings. The summed E-state index contributed by atoms with van der Waals surface area (Å²) >= 11 is 1.29. The standard InChI is InChI=1S/C17H17FN4O2S/c1-17(2,3)22(16(23)24)15-20-11-8-7-10(9-12(11)25-15)19-14-6-4-5-13(18)21-14/h4-9H,1-3H3,(H,19,21)(H,23,24). The molecule has 0 radical (unpaired) electrons. The first kappa shape index (κ1) is 17.1. The summed E-state index contributed by atoms with van der Waals surface area (Å²) in [6.45, 7) is 5.45. The van der Waals surface area contributed by atoms with E-state index in [1.165, 1.54) is 22.3 Å². The highest BCUT2D eigenvalue weighted by molar-refractivity contribution is 7.22. The zero-order valence-electron chi connectivity index (χ0n) is 13.9. The largest absolute Gasteiger partial charge is 0.465 e. The van der Waals surface area contributed by atoms with Crippen LogP contribution >= 0.6 is 11.3 Å². The summed E-state index contributed by atoms with van der Waals surface area (Å²) in [7, 11) is 0. The maximum absolute atomic E-state index is 13.2. The van der Waals surface area contributed by atoms with Crippen LogP contribution in [-0.4, -0.2) is 26.7 Å². The zero-order valence-corrected chi connectivity index (χ0v) is 14.8. The van der Waals surface area contributed by atoms with Crippen molar-refractivity contribution in [3.8, 4) is 0 Å². The average Bonchev–Trinajstić information content (AvgIpc) is 2.87. The number of hydrogen-bond donors (Lipinski definition) is 2. The Morgan fingerprint density at radius 2 is 2.00 bits per heavy atom. The molecule has 0 fully saturated rings. The predicted molar refractivity (Wildman–Crippen MR) is 97.4 cm³/mol. The van der Waals surface area contributed by atoms with E-state index in [1.54, 1.807) is 24.3 Å². The number of aromatic nitrogens is 2. The lowest BCUT2D eigenvalue weighted by Gasteiger charge is -2.30. The number of nitrogens with one attached hydrogen (secondary N) is 1. The van der Waals surface area contributed by atoms with Crippen LogP contribution in [0.5, 0.6) is 0 Å². The van der Waals surface area contributed by atoms with Gasteiger partial charge in [0.05, 0.1) is 10.2 Å². The number of anilines is 3. The van der Waals surface area contributed by atoms with Gasteiger partial charge in [-0.25, -0.2) is 19.7 Å². The Morgan fingerprint density at radius 1 is 1.24 bits per heavy atom. The lowest BCUT2D eigenvalue weighted by molar-refractivity contribution is 0.195. The molecule has 0 saturated heterocycles. The van der Waals surface area contributed by atoms with Crippen molar-refractivity contribution >= 4 is 44.3 Å². The third-order valence-electron chi connectivity index (χ3n) is 3.42. The van der Waals surface area contributed by atoms with E-state index in [0.29, 0.717) is 16.5 Å². The fourth-order valence-corrected chi connectivity index (χ4v) is 3.56. The molecule has 2 N–H and O–H groups in total. The van der Waals surface area contributed by atoms with Gasteiger partial charge in [-0.1, -0.05) is 17.4 Å². The Balaban J connectivity index is 1.95. The van der Waals surface area contributed by atoms with E-state index in [9.17, 15) is 14.3 Å². The van der Waals surface area contributed by atoms with Crippen LogP contribution < -0.4 is 10.2 Å². The summed E-state index contributed by atoms with van der Waals surface area (Å²) in [5, 5.41) is 12.9. The van der Waals surface area contributed by atoms with Gasteiger partial charge < -0.3 is 10.4 Å². The van der Waals surface area contributed by atoms with E-state index in [1.807, 2.05) is 26.8 Å². The molecule has 6 nitrogen and oxygen atoms in total. The Morgan fingerprint density at radius 3 is 2.64 bits per heavy atom. The molecule has 3 rings (SSSR count). The van der Waals surface area contributed by atoms with Crippen LogP contribution in [0.2, 0.25) is 0 Å². The molecule has 130 valence electrons. The molecule has 0 saturated carbocycles. The number of carbonyl (C=O) groups is 1. The van der Waals surface area contributed by atoms with Crippen LogP contribution in [0, 0.1) is 5.95 Å².